The van der Waals surface area contributed by atoms with E-state index in [9.17, 15) is 4.79 Å². The van der Waals surface area contributed by atoms with E-state index in [2.05, 4.69) is 0 Å². The first-order valence-electron chi connectivity index (χ1n) is 6.95. The van der Waals surface area contributed by atoms with E-state index in [1.54, 1.807) is 6.92 Å². The minimum absolute atomic E-state index is 0.304. The number of rotatable bonds is 1. The molecular formula is C14H20O3. The molecule has 4 saturated carbocycles. The van der Waals surface area contributed by atoms with Gasteiger partial charge in [0.25, 0.3) is 0 Å². The van der Waals surface area contributed by atoms with E-state index in [0.29, 0.717) is 24.9 Å². The van der Waals surface area contributed by atoms with E-state index in [4.69, 9.17) is 9.47 Å². The van der Waals surface area contributed by atoms with Crippen LogP contribution in [0.4, 0.5) is 0 Å². The molecule has 1 saturated heterocycles. The lowest BCUT2D eigenvalue weighted by molar-refractivity contribution is -0.318. The van der Waals surface area contributed by atoms with Crippen molar-refractivity contribution in [3.63, 3.8) is 0 Å². The molecule has 0 amide bonds. The second kappa shape index (κ2) is 3.12. The van der Waals surface area contributed by atoms with Crippen LogP contribution in [-0.4, -0.2) is 24.8 Å². The summed E-state index contributed by atoms with van der Waals surface area (Å²) < 4.78 is 12.1. The van der Waals surface area contributed by atoms with Gasteiger partial charge in [-0.15, -0.1) is 0 Å². The van der Waals surface area contributed by atoms with Gasteiger partial charge in [-0.2, -0.15) is 0 Å². The van der Waals surface area contributed by atoms with Gasteiger partial charge in [0.05, 0.1) is 18.6 Å². The predicted molar refractivity (Wildman–Crippen MR) is 61.3 cm³/mol. The number of carbonyl (C=O) groups excluding carboxylic acids is 1. The Labute approximate surface area is 102 Å². The zero-order valence-corrected chi connectivity index (χ0v) is 10.4. The maximum Gasteiger partial charge on any atom is 0.183 e. The molecule has 0 aromatic carbocycles. The van der Waals surface area contributed by atoms with Crippen molar-refractivity contribution < 1.29 is 14.3 Å². The van der Waals surface area contributed by atoms with Crippen molar-refractivity contribution in [2.24, 2.45) is 23.2 Å². The highest BCUT2D eigenvalue weighted by Crippen LogP contribution is 2.67. The molecule has 0 aromatic heterocycles. The lowest BCUT2D eigenvalue weighted by Gasteiger charge is -2.63. The summed E-state index contributed by atoms with van der Waals surface area (Å²) in [6.07, 6.45) is 5.78. The molecule has 5 fully saturated rings. The quantitative estimate of drug-likeness (QED) is 0.699. The van der Waals surface area contributed by atoms with Gasteiger partial charge in [-0.25, -0.2) is 0 Å². The fraction of sp³-hybridized carbons (Fsp3) is 0.929. The Hall–Kier alpha value is -0.410. The molecule has 2 atom stereocenters. The second-order valence-electron chi connectivity index (χ2n) is 6.55. The molecule has 1 aliphatic heterocycles. The van der Waals surface area contributed by atoms with Crippen molar-refractivity contribution in [1.29, 1.82) is 0 Å². The highest BCUT2D eigenvalue weighted by Gasteiger charge is 2.70. The Morgan fingerprint density at radius 2 is 1.65 bits per heavy atom. The van der Waals surface area contributed by atoms with Crippen molar-refractivity contribution >= 4 is 5.78 Å². The van der Waals surface area contributed by atoms with Crippen molar-refractivity contribution in [2.45, 2.75) is 44.8 Å². The van der Waals surface area contributed by atoms with Crippen LogP contribution in [0.1, 0.15) is 39.0 Å². The molecule has 0 radical (unpaired) electrons. The first-order chi connectivity index (χ1) is 8.16. The standard InChI is InChI=1S/C14H20O3/c1-9(15)13-7-10-4-11(8-13)6-12(5-10)14(13)16-2-3-17-14/h10-12H,2-8H2,1H3. The SMILES string of the molecule is CC(=O)C12CC3CC(CC(C3)C13OCCO3)C2. The zero-order valence-electron chi connectivity index (χ0n) is 10.4. The van der Waals surface area contributed by atoms with Crippen molar-refractivity contribution in [2.75, 3.05) is 13.2 Å². The first-order valence-corrected chi connectivity index (χ1v) is 6.95. The molecule has 0 N–H and O–H groups in total. The molecule has 0 aromatic rings. The van der Waals surface area contributed by atoms with Crippen LogP contribution < -0.4 is 0 Å². The Morgan fingerprint density at radius 3 is 2.18 bits per heavy atom. The van der Waals surface area contributed by atoms with Gasteiger partial charge in [0, 0.05) is 5.92 Å². The molecule has 94 valence electrons. The van der Waals surface area contributed by atoms with Gasteiger partial charge in [0.2, 0.25) is 0 Å². The van der Waals surface area contributed by atoms with Crippen LogP contribution in [0.5, 0.6) is 0 Å². The number of carbonyl (C=O) groups is 1. The number of hydrogen-bond donors (Lipinski definition) is 0. The largest absolute Gasteiger partial charge is 0.346 e. The third kappa shape index (κ3) is 1.08. The maximum atomic E-state index is 12.3. The van der Waals surface area contributed by atoms with E-state index in [0.717, 1.165) is 24.7 Å². The summed E-state index contributed by atoms with van der Waals surface area (Å²) in [4.78, 5) is 12.3. The van der Waals surface area contributed by atoms with E-state index >= 15 is 0 Å². The van der Waals surface area contributed by atoms with Crippen LogP contribution >= 0.6 is 0 Å². The summed E-state index contributed by atoms with van der Waals surface area (Å²) in [5.74, 6) is 1.73. The smallest absolute Gasteiger partial charge is 0.183 e. The zero-order chi connectivity index (χ0) is 11.7. The Balaban J connectivity index is 1.85. The fourth-order valence-electron chi connectivity index (χ4n) is 5.43. The monoisotopic (exact) mass is 236 g/mol. The van der Waals surface area contributed by atoms with Crippen LogP contribution in [0.2, 0.25) is 0 Å². The normalized spacial score (nSPS) is 50.1. The van der Waals surface area contributed by atoms with E-state index in [-0.39, 0.29) is 5.41 Å². The molecule has 4 aliphatic carbocycles. The minimum Gasteiger partial charge on any atom is -0.346 e. The van der Waals surface area contributed by atoms with Crippen LogP contribution in [0.3, 0.4) is 0 Å². The maximum absolute atomic E-state index is 12.3. The number of hydrogen-bond acceptors (Lipinski definition) is 3. The number of Topliss-reactive ketones (excluding diaryl/α,β-unsaturated/α-hetero) is 1. The van der Waals surface area contributed by atoms with E-state index in [1.807, 2.05) is 0 Å². The third-order valence-corrected chi connectivity index (χ3v) is 5.77. The average molecular weight is 236 g/mol. The summed E-state index contributed by atoms with van der Waals surface area (Å²) in [6.45, 7) is 3.08. The Morgan fingerprint density at radius 1 is 1.06 bits per heavy atom. The third-order valence-electron chi connectivity index (χ3n) is 5.77. The molecule has 3 nitrogen and oxygen atoms in total. The summed E-state index contributed by atoms with van der Waals surface area (Å²) in [5, 5.41) is 0. The van der Waals surface area contributed by atoms with Crippen molar-refractivity contribution in [1.82, 2.24) is 0 Å². The Kier molecular flexibility index (Phi) is 1.93. The summed E-state index contributed by atoms with van der Waals surface area (Å²) >= 11 is 0. The van der Waals surface area contributed by atoms with E-state index < -0.39 is 5.79 Å². The molecule has 3 heteroatoms. The molecule has 4 bridgehead atoms. The molecule has 5 aliphatic rings. The van der Waals surface area contributed by atoms with Crippen LogP contribution in [0, 0.1) is 23.2 Å². The average Bonchev–Trinajstić information content (AvgIpc) is 2.75. The lowest BCUT2D eigenvalue weighted by atomic mass is 9.45. The van der Waals surface area contributed by atoms with E-state index in [1.165, 1.54) is 19.3 Å². The summed E-state index contributed by atoms with van der Waals surface area (Å²) in [7, 11) is 0. The molecule has 17 heavy (non-hydrogen) atoms. The van der Waals surface area contributed by atoms with Crippen LogP contribution in [-0.2, 0) is 14.3 Å². The molecular weight excluding hydrogens is 216 g/mol. The number of ether oxygens (including phenoxy) is 2. The van der Waals surface area contributed by atoms with Gasteiger partial charge in [-0.05, 0) is 50.9 Å². The number of ketones is 1. The van der Waals surface area contributed by atoms with Crippen LogP contribution in [0.25, 0.3) is 0 Å². The highest BCUT2D eigenvalue weighted by atomic mass is 16.7. The topological polar surface area (TPSA) is 35.5 Å². The van der Waals surface area contributed by atoms with Gasteiger partial charge in [-0.3, -0.25) is 4.79 Å². The molecule has 1 spiro atoms. The van der Waals surface area contributed by atoms with Crippen molar-refractivity contribution in [3.05, 3.63) is 0 Å². The van der Waals surface area contributed by atoms with Crippen molar-refractivity contribution in [3.8, 4) is 0 Å². The Bertz CT molecular complexity index is 356. The predicted octanol–water partition coefficient (Wildman–Crippen LogP) is 2.14. The highest BCUT2D eigenvalue weighted by molar-refractivity contribution is 5.84. The first kappa shape index (κ1) is 10.5. The lowest BCUT2D eigenvalue weighted by Crippen LogP contribution is -2.67. The van der Waals surface area contributed by atoms with Gasteiger partial charge >= 0.3 is 0 Å². The molecule has 2 unspecified atom stereocenters. The second-order valence-corrected chi connectivity index (χ2v) is 6.55. The molecule has 5 rings (SSSR count). The van der Waals surface area contributed by atoms with Gasteiger partial charge < -0.3 is 9.47 Å². The van der Waals surface area contributed by atoms with Gasteiger partial charge in [0.15, 0.2) is 5.79 Å². The van der Waals surface area contributed by atoms with Gasteiger partial charge in [-0.1, -0.05) is 0 Å². The van der Waals surface area contributed by atoms with Gasteiger partial charge in [0.1, 0.15) is 5.78 Å². The fourth-order valence-corrected chi connectivity index (χ4v) is 5.43. The summed E-state index contributed by atoms with van der Waals surface area (Å²) in [6, 6.07) is 0. The van der Waals surface area contributed by atoms with Crippen LogP contribution in [0.15, 0.2) is 0 Å². The minimum atomic E-state index is -0.535. The molecule has 1 heterocycles. The summed E-state index contributed by atoms with van der Waals surface area (Å²) in [5.41, 5.74) is -0.307.